The zero-order valence-electron chi connectivity index (χ0n) is 16.3. The number of nitrogens with zero attached hydrogens (tertiary/aromatic N) is 1. The van der Waals surface area contributed by atoms with Gasteiger partial charge in [-0.1, -0.05) is 48.9 Å². The number of aryl methyl sites for hydroxylation is 2. The van der Waals surface area contributed by atoms with Crippen LogP contribution in [0.2, 0.25) is 0 Å². The number of benzene rings is 3. The fourth-order valence-electron chi connectivity index (χ4n) is 3.57. The van der Waals surface area contributed by atoms with Gasteiger partial charge in [0.15, 0.2) is 0 Å². The molecule has 4 rings (SSSR count). The predicted octanol–water partition coefficient (Wildman–Crippen LogP) is 4.37. The molecule has 1 heterocycles. The first-order valence-corrected chi connectivity index (χ1v) is 11.0. The van der Waals surface area contributed by atoms with E-state index < -0.39 is 10.0 Å². The molecule has 0 radical (unpaired) electrons. The van der Waals surface area contributed by atoms with Gasteiger partial charge in [-0.25, -0.2) is 8.42 Å². The molecule has 148 valence electrons. The summed E-state index contributed by atoms with van der Waals surface area (Å²) in [5.74, 6) is -0.385. The zero-order chi connectivity index (χ0) is 20.6. The van der Waals surface area contributed by atoms with E-state index in [-0.39, 0.29) is 17.3 Å². The molecule has 0 atom stereocenters. The molecule has 0 spiro atoms. The number of nitrogens with one attached hydrogen (secondary N) is 1. The van der Waals surface area contributed by atoms with E-state index in [1.54, 1.807) is 24.3 Å². The van der Waals surface area contributed by atoms with Crippen LogP contribution in [0, 0.1) is 6.92 Å². The van der Waals surface area contributed by atoms with Gasteiger partial charge in [0.1, 0.15) is 6.54 Å². The number of sulfonamides is 1. The van der Waals surface area contributed by atoms with Crippen LogP contribution < -0.4 is 9.62 Å². The minimum absolute atomic E-state index is 0.221. The summed E-state index contributed by atoms with van der Waals surface area (Å²) < 4.78 is 27.7. The average Bonchev–Trinajstić information content (AvgIpc) is 2.72. The quantitative estimate of drug-likeness (QED) is 0.700. The van der Waals surface area contributed by atoms with Crippen LogP contribution in [0.3, 0.4) is 0 Å². The molecule has 29 heavy (non-hydrogen) atoms. The highest BCUT2D eigenvalue weighted by atomic mass is 32.2. The fourth-order valence-corrected chi connectivity index (χ4v) is 5.22. The Kier molecular flexibility index (Phi) is 4.88. The van der Waals surface area contributed by atoms with Crippen molar-refractivity contribution < 1.29 is 13.2 Å². The molecule has 6 heteroatoms. The van der Waals surface area contributed by atoms with Crippen molar-refractivity contribution >= 4 is 27.3 Å². The Morgan fingerprint density at radius 2 is 1.69 bits per heavy atom. The van der Waals surface area contributed by atoms with Crippen LogP contribution in [0.25, 0.3) is 11.1 Å². The Balaban J connectivity index is 1.69. The number of fused-ring (bicyclic) bond motifs is 3. The molecule has 0 fully saturated rings. The van der Waals surface area contributed by atoms with E-state index in [2.05, 4.69) is 12.2 Å². The number of hydrogen-bond donors (Lipinski definition) is 1. The van der Waals surface area contributed by atoms with E-state index in [4.69, 9.17) is 0 Å². The summed E-state index contributed by atoms with van der Waals surface area (Å²) >= 11 is 0. The monoisotopic (exact) mass is 406 g/mol. The third-order valence-corrected chi connectivity index (χ3v) is 6.92. The third kappa shape index (κ3) is 3.51. The molecule has 0 unspecified atom stereocenters. The first-order valence-electron chi connectivity index (χ1n) is 9.51. The molecule has 1 aliphatic rings. The highest BCUT2D eigenvalue weighted by Gasteiger charge is 2.35. The second kappa shape index (κ2) is 7.37. The van der Waals surface area contributed by atoms with Crippen molar-refractivity contribution in [3.8, 4) is 11.1 Å². The maximum atomic E-state index is 13.3. The maximum absolute atomic E-state index is 13.3. The van der Waals surface area contributed by atoms with Crippen LogP contribution >= 0.6 is 0 Å². The summed E-state index contributed by atoms with van der Waals surface area (Å²) in [6.45, 7) is 3.73. The van der Waals surface area contributed by atoms with Gasteiger partial charge in [0.25, 0.3) is 10.0 Å². The first kappa shape index (κ1) is 19.2. The molecule has 3 aromatic rings. The minimum Gasteiger partial charge on any atom is -0.325 e. The highest BCUT2D eigenvalue weighted by Crippen LogP contribution is 2.43. The maximum Gasteiger partial charge on any atom is 0.265 e. The molecule has 1 amide bonds. The molecular weight excluding hydrogens is 384 g/mol. The van der Waals surface area contributed by atoms with Gasteiger partial charge in [-0.15, -0.1) is 0 Å². The van der Waals surface area contributed by atoms with Crippen LogP contribution in [0.1, 0.15) is 18.1 Å². The van der Waals surface area contributed by atoms with E-state index in [1.807, 2.05) is 49.4 Å². The van der Waals surface area contributed by atoms with Crippen LogP contribution in [0.4, 0.5) is 11.4 Å². The standard InChI is InChI=1S/C23H22N2O3S/c1-3-17-9-11-18(12-10-17)24-23(26)15-25-21-13-8-16(2)14-20(21)19-6-4-5-7-22(19)29(25,27)28/h4-14H,3,15H2,1-2H3,(H,24,26). The highest BCUT2D eigenvalue weighted by molar-refractivity contribution is 7.93. The van der Waals surface area contributed by atoms with E-state index in [0.717, 1.165) is 17.5 Å². The molecule has 0 bridgehead atoms. The van der Waals surface area contributed by atoms with Crippen molar-refractivity contribution in [3.63, 3.8) is 0 Å². The Bertz CT molecular complexity index is 1180. The van der Waals surface area contributed by atoms with Crippen LogP contribution in [-0.4, -0.2) is 20.9 Å². The summed E-state index contributed by atoms with van der Waals surface area (Å²) in [4.78, 5) is 12.9. The van der Waals surface area contributed by atoms with Gasteiger partial charge >= 0.3 is 0 Å². The van der Waals surface area contributed by atoms with Gasteiger partial charge in [0.2, 0.25) is 5.91 Å². The second-order valence-corrected chi connectivity index (χ2v) is 8.96. The van der Waals surface area contributed by atoms with Crippen LogP contribution in [-0.2, 0) is 21.2 Å². The third-order valence-electron chi connectivity index (χ3n) is 5.10. The normalized spacial score (nSPS) is 14.1. The first-order chi connectivity index (χ1) is 13.9. The summed E-state index contributed by atoms with van der Waals surface area (Å²) in [5.41, 5.74) is 4.84. The smallest absolute Gasteiger partial charge is 0.265 e. The fraction of sp³-hybridized carbons (Fsp3) is 0.174. The van der Waals surface area contributed by atoms with Crippen molar-refractivity contribution in [2.45, 2.75) is 25.2 Å². The number of hydrogen-bond acceptors (Lipinski definition) is 3. The molecule has 3 aromatic carbocycles. The summed E-state index contributed by atoms with van der Waals surface area (Å²) in [7, 11) is -3.83. The van der Waals surface area contributed by atoms with Crippen molar-refractivity contribution in [3.05, 3.63) is 77.9 Å². The van der Waals surface area contributed by atoms with Gasteiger partial charge < -0.3 is 5.32 Å². The summed E-state index contributed by atoms with van der Waals surface area (Å²) in [6, 6.07) is 20.0. The predicted molar refractivity (Wildman–Crippen MR) is 116 cm³/mol. The lowest BCUT2D eigenvalue weighted by molar-refractivity contribution is -0.114. The molecule has 5 nitrogen and oxygen atoms in total. The average molecular weight is 407 g/mol. The number of anilines is 2. The SMILES string of the molecule is CCc1ccc(NC(=O)CN2c3ccc(C)cc3-c3ccccc3S2(=O)=O)cc1. The molecule has 1 N–H and O–H groups in total. The Morgan fingerprint density at radius 3 is 2.41 bits per heavy atom. The molecule has 1 aliphatic heterocycles. The van der Waals surface area contributed by atoms with Gasteiger partial charge in [0, 0.05) is 16.8 Å². The molecule has 0 aliphatic carbocycles. The lowest BCUT2D eigenvalue weighted by Gasteiger charge is -2.31. The van der Waals surface area contributed by atoms with Gasteiger partial charge in [0.05, 0.1) is 10.6 Å². The summed E-state index contributed by atoms with van der Waals surface area (Å²) in [6.07, 6.45) is 0.913. The number of carbonyl (C=O) groups is 1. The molecule has 0 saturated heterocycles. The minimum atomic E-state index is -3.83. The molecule has 0 saturated carbocycles. The lowest BCUT2D eigenvalue weighted by atomic mass is 10.0. The molecular formula is C23H22N2O3S. The Hall–Kier alpha value is -3.12. The van der Waals surface area contributed by atoms with Crippen molar-refractivity contribution in [1.29, 1.82) is 0 Å². The lowest BCUT2D eigenvalue weighted by Crippen LogP contribution is -2.40. The zero-order valence-corrected chi connectivity index (χ0v) is 17.2. The number of rotatable bonds is 4. The molecule has 0 aromatic heterocycles. The van der Waals surface area contributed by atoms with Crippen molar-refractivity contribution in [1.82, 2.24) is 0 Å². The van der Waals surface area contributed by atoms with E-state index in [9.17, 15) is 13.2 Å². The van der Waals surface area contributed by atoms with E-state index >= 15 is 0 Å². The van der Waals surface area contributed by atoms with Gasteiger partial charge in [-0.3, -0.25) is 9.10 Å². The van der Waals surface area contributed by atoms with E-state index in [0.29, 0.717) is 16.9 Å². The Morgan fingerprint density at radius 1 is 0.966 bits per heavy atom. The number of carbonyl (C=O) groups excluding carboxylic acids is 1. The van der Waals surface area contributed by atoms with E-state index in [1.165, 1.54) is 9.87 Å². The van der Waals surface area contributed by atoms with Gasteiger partial charge in [-0.05, 0) is 49.2 Å². The van der Waals surface area contributed by atoms with Crippen molar-refractivity contribution in [2.75, 3.05) is 16.2 Å². The largest absolute Gasteiger partial charge is 0.325 e. The summed E-state index contributed by atoms with van der Waals surface area (Å²) in [5, 5.41) is 2.80. The number of amides is 1. The van der Waals surface area contributed by atoms with Crippen LogP contribution in [0.5, 0.6) is 0 Å². The van der Waals surface area contributed by atoms with Crippen molar-refractivity contribution in [2.24, 2.45) is 0 Å². The van der Waals surface area contributed by atoms with Gasteiger partial charge in [-0.2, -0.15) is 0 Å². The second-order valence-electron chi connectivity index (χ2n) is 7.13. The Labute approximate surface area is 171 Å². The topological polar surface area (TPSA) is 66.5 Å². The van der Waals surface area contributed by atoms with Crippen LogP contribution in [0.15, 0.2) is 71.6 Å².